The van der Waals surface area contributed by atoms with Crippen LogP contribution < -0.4 is 0 Å². The number of carboxylic acid groups (broad SMARTS) is 1. The number of rotatable bonds is 1. The van der Waals surface area contributed by atoms with E-state index >= 15 is 0 Å². The molecule has 0 fully saturated rings. The number of hydrogen-bond acceptors (Lipinski definition) is 2. The second-order valence-corrected chi connectivity index (χ2v) is 3.93. The van der Waals surface area contributed by atoms with Crippen molar-refractivity contribution in [2.75, 3.05) is 0 Å². The molecule has 0 unspecified atom stereocenters. The number of aromatic nitrogens is 1. The zero-order valence-corrected chi connectivity index (χ0v) is 9.22. The van der Waals surface area contributed by atoms with Gasteiger partial charge in [0, 0.05) is 5.39 Å². The van der Waals surface area contributed by atoms with Gasteiger partial charge in [-0.2, -0.15) is 0 Å². The van der Waals surface area contributed by atoms with Gasteiger partial charge in [0.25, 0.3) is 0 Å². The Kier molecular flexibility index (Phi) is 2.37. The zero-order chi connectivity index (χ0) is 10.1. The largest absolute Gasteiger partial charge is 0.476 e. The maximum Gasteiger partial charge on any atom is 0.355 e. The van der Waals surface area contributed by atoms with E-state index in [9.17, 15) is 4.79 Å². The lowest BCUT2D eigenvalue weighted by Gasteiger charge is -2.01. The summed E-state index contributed by atoms with van der Waals surface area (Å²) in [6.07, 6.45) is 0. The molecule has 0 amide bonds. The minimum absolute atomic E-state index is 0.118. The Labute approximate surface area is 93.9 Å². The van der Waals surface area contributed by atoms with E-state index in [1.807, 2.05) is 46.9 Å². The van der Waals surface area contributed by atoms with Gasteiger partial charge in [-0.3, -0.25) is 0 Å². The van der Waals surface area contributed by atoms with Crippen LogP contribution >= 0.6 is 22.6 Å². The molecule has 2 aromatic rings. The number of aromatic carboxylic acids is 1. The van der Waals surface area contributed by atoms with Gasteiger partial charge in [0.05, 0.1) is 0 Å². The molecule has 0 atom stereocenters. The fourth-order valence-corrected chi connectivity index (χ4v) is 1.91. The lowest BCUT2D eigenvalue weighted by molar-refractivity contribution is 0.0692. The number of hydrogen-bond donors (Lipinski definition) is 1. The minimum atomic E-state index is -0.986. The van der Waals surface area contributed by atoms with Gasteiger partial charge >= 0.3 is 5.97 Å². The third-order valence-electron chi connectivity index (χ3n) is 1.91. The highest BCUT2D eigenvalue weighted by Gasteiger charge is 2.10. The van der Waals surface area contributed by atoms with Crippen LogP contribution in [0.1, 0.15) is 10.5 Å². The first kappa shape index (κ1) is 9.39. The molecule has 0 saturated heterocycles. The van der Waals surface area contributed by atoms with Crippen LogP contribution in [0.4, 0.5) is 0 Å². The van der Waals surface area contributed by atoms with Gasteiger partial charge in [0.2, 0.25) is 0 Å². The maximum absolute atomic E-state index is 10.9. The number of benzene rings is 1. The van der Waals surface area contributed by atoms with E-state index in [4.69, 9.17) is 5.11 Å². The number of carboxylic acids is 1. The fourth-order valence-electron chi connectivity index (χ4n) is 1.33. The van der Waals surface area contributed by atoms with Crippen LogP contribution in [-0.4, -0.2) is 16.1 Å². The Balaban J connectivity index is 2.87. The predicted octanol–water partition coefficient (Wildman–Crippen LogP) is 2.54. The van der Waals surface area contributed by atoms with Crippen molar-refractivity contribution in [3.05, 3.63) is 39.7 Å². The minimum Gasteiger partial charge on any atom is -0.476 e. The molecule has 0 bridgehead atoms. The summed E-state index contributed by atoms with van der Waals surface area (Å²) in [7, 11) is 0. The molecule has 0 spiro atoms. The lowest BCUT2D eigenvalue weighted by atomic mass is 10.1. The molecule has 1 heterocycles. The average Bonchev–Trinajstić information content (AvgIpc) is 2.16. The first-order chi connectivity index (χ1) is 6.68. The summed E-state index contributed by atoms with van der Waals surface area (Å²) in [6, 6.07) is 9.20. The molecular weight excluding hydrogens is 293 g/mol. The van der Waals surface area contributed by atoms with E-state index in [-0.39, 0.29) is 5.69 Å². The fraction of sp³-hybridized carbons (Fsp3) is 0. The average molecular weight is 299 g/mol. The van der Waals surface area contributed by atoms with Crippen LogP contribution in [0.15, 0.2) is 30.3 Å². The van der Waals surface area contributed by atoms with Gasteiger partial charge in [0.1, 0.15) is 3.70 Å². The van der Waals surface area contributed by atoms with Crippen molar-refractivity contribution in [3.8, 4) is 0 Å². The molecular formula is C10H6INO2. The van der Waals surface area contributed by atoms with E-state index in [2.05, 4.69) is 4.98 Å². The Hall–Kier alpha value is -1.17. The maximum atomic E-state index is 10.9. The van der Waals surface area contributed by atoms with Crippen LogP contribution in [0.5, 0.6) is 0 Å². The predicted molar refractivity (Wildman–Crippen MR) is 61.4 cm³/mol. The van der Waals surface area contributed by atoms with Gasteiger partial charge in [0.15, 0.2) is 5.69 Å². The summed E-state index contributed by atoms with van der Waals surface area (Å²) in [5.41, 5.74) is 0.118. The van der Waals surface area contributed by atoms with Gasteiger partial charge < -0.3 is 5.11 Å². The topological polar surface area (TPSA) is 50.2 Å². The molecule has 14 heavy (non-hydrogen) atoms. The molecule has 0 aliphatic heterocycles. The molecule has 1 N–H and O–H groups in total. The molecule has 0 radical (unpaired) electrons. The van der Waals surface area contributed by atoms with Crippen LogP contribution in [0.3, 0.4) is 0 Å². The van der Waals surface area contributed by atoms with Gasteiger partial charge in [-0.15, -0.1) is 0 Å². The number of fused-ring (bicyclic) bond motifs is 1. The third-order valence-corrected chi connectivity index (χ3v) is 2.46. The Morgan fingerprint density at radius 3 is 2.79 bits per heavy atom. The second-order valence-electron chi connectivity index (χ2n) is 2.82. The summed E-state index contributed by atoms with van der Waals surface area (Å²) < 4.78 is 0.693. The van der Waals surface area contributed by atoms with Crippen molar-refractivity contribution < 1.29 is 9.90 Å². The van der Waals surface area contributed by atoms with Crippen molar-refractivity contribution >= 4 is 39.3 Å². The highest BCUT2D eigenvalue weighted by atomic mass is 127. The van der Waals surface area contributed by atoms with E-state index < -0.39 is 5.97 Å². The second kappa shape index (κ2) is 3.53. The Morgan fingerprint density at radius 1 is 1.36 bits per heavy atom. The number of pyridine rings is 1. The summed E-state index contributed by atoms with van der Waals surface area (Å²) in [5, 5.41) is 10.5. The highest BCUT2D eigenvalue weighted by Crippen LogP contribution is 2.19. The number of nitrogens with zero attached hydrogens (tertiary/aromatic N) is 1. The molecule has 0 saturated carbocycles. The van der Waals surface area contributed by atoms with Crippen LogP contribution in [0, 0.1) is 3.70 Å². The van der Waals surface area contributed by atoms with Gasteiger partial charge in [-0.05, 0) is 34.0 Å². The zero-order valence-electron chi connectivity index (χ0n) is 7.07. The van der Waals surface area contributed by atoms with Crippen LogP contribution in [0.25, 0.3) is 10.8 Å². The first-order valence-corrected chi connectivity index (χ1v) is 5.05. The molecule has 2 rings (SSSR count). The lowest BCUT2D eigenvalue weighted by Crippen LogP contribution is -2.02. The highest BCUT2D eigenvalue weighted by molar-refractivity contribution is 14.1. The third kappa shape index (κ3) is 1.57. The van der Waals surface area contributed by atoms with E-state index in [1.165, 1.54) is 0 Å². The molecule has 1 aromatic heterocycles. The quantitative estimate of drug-likeness (QED) is 0.650. The van der Waals surface area contributed by atoms with Gasteiger partial charge in [-0.25, -0.2) is 9.78 Å². The van der Waals surface area contributed by atoms with Crippen LogP contribution in [0.2, 0.25) is 0 Å². The summed E-state index contributed by atoms with van der Waals surface area (Å²) in [4.78, 5) is 14.9. The smallest absolute Gasteiger partial charge is 0.355 e. The molecule has 1 aromatic carbocycles. The van der Waals surface area contributed by atoms with Crippen molar-refractivity contribution in [1.29, 1.82) is 0 Å². The van der Waals surface area contributed by atoms with E-state index in [0.717, 1.165) is 5.39 Å². The molecule has 4 heteroatoms. The number of carbonyl (C=O) groups is 1. The standard InChI is InChI=1S/C10H6INO2/c11-8-5-6-3-1-2-4-7(6)9(12-8)10(13)14/h1-5H,(H,13,14). The summed E-state index contributed by atoms with van der Waals surface area (Å²) in [6.45, 7) is 0. The summed E-state index contributed by atoms with van der Waals surface area (Å²) in [5.74, 6) is -0.986. The SMILES string of the molecule is O=C(O)c1nc(I)cc2ccccc12. The van der Waals surface area contributed by atoms with Gasteiger partial charge in [-0.1, -0.05) is 24.3 Å². The summed E-state index contributed by atoms with van der Waals surface area (Å²) >= 11 is 2.01. The van der Waals surface area contributed by atoms with E-state index in [1.54, 1.807) is 6.07 Å². The Bertz CT molecular complexity index is 510. The van der Waals surface area contributed by atoms with Crippen molar-refractivity contribution in [1.82, 2.24) is 4.98 Å². The normalized spacial score (nSPS) is 10.4. The van der Waals surface area contributed by atoms with Crippen molar-refractivity contribution in [3.63, 3.8) is 0 Å². The molecule has 70 valence electrons. The van der Waals surface area contributed by atoms with Crippen LogP contribution in [-0.2, 0) is 0 Å². The van der Waals surface area contributed by atoms with Crippen molar-refractivity contribution in [2.45, 2.75) is 0 Å². The first-order valence-electron chi connectivity index (χ1n) is 3.97. The molecule has 3 nitrogen and oxygen atoms in total. The molecule has 0 aliphatic carbocycles. The Morgan fingerprint density at radius 2 is 2.07 bits per heavy atom. The van der Waals surface area contributed by atoms with Crippen molar-refractivity contribution in [2.24, 2.45) is 0 Å². The molecule has 0 aliphatic rings. The monoisotopic (exact) mass is 299 g/mol. The number of halogens is 1. The van der Waals surface area contributed by atoms with E-state index in [0.29, 0.717) is 9.09 Å².